The van der Waals surface area contributed by atoms with Gasteiger partial charge in [-0.2, -0.15) is 0 Å². The molecule has 128 valence electrons. The van der Waals surface area contributed by atoms with Gasteiger partial charge >= 0.3 is 0 Å². The molecule has 3 aromatic rings. The van der Waals surface area contributed by atoms with Crippen molar-refractivity contribution >= 4 is 5.91 Å². The molecular formula is C18H19N5O2. The van der Waals surface area contributed by atoms with Gasteiger partial charge in [-0.1, -0.05) is 12.1 Å². The number of aromatic nitrogens is 4. The Labute approximate surface area is 145 Å². The third-order valence-corrected chi connectivity index (χ3v) is 3.77. The van der Waals surface area contributed by atoms with Crippen molar-refractivity contribution in [3.63, 3.8) is 0 Å². The SMILES string of the molecule is Cc1cnc(C)c(-c2ccc(C(=O)N(C)Cc3nnc(C)o3)cc2)n1. The van der Waals surface area contributed by atoms with Crippen molar-refractivity contribution in [3.8, 4) is 11.3 Å². The Kier molecular flexibility index (Phi) is 4.56. The van der Waals surface area contributed by atoms with Crippen LogP contribution in [-0.4, -0.2) is 38.0 Å². The minimum absolute atomic E-state index is 0.116. The molecule has 0 fully saturated rings. The molecule has 0 spiro atoms. The quantitative estimate of drug-likeness (QED) is 0.728. The lowest BCUT2D eigenvalue weighted by atomic mass is 10.1. The Morgan fingerprint density at radius 3 is 2.48 bits per heavy atom. The summed E-state index contributed by atoms with van der Waals surface area (Å²) >= 11 is 0. The fourth-order valence-electron chi connectivity index (χ4n) is 2.48. The van der Waals surface area contributed by atoms with Gasteiger partial charge in [0.1, 0.15) is 0 Å². The molecule has 7 heteroatoms. The van der Waals surface area contributed by atoms with Crippen LogP contribution >= 0.6 is 0 Å². The minimum Gasteiger partial charge on any atom is -0.424 e. The molecule has 7 nitrogen and oxygen atoms in total. The minimum atomic E-state index is -0.116. The molecule has 0 aliphatic heterocycles. The maximum atomic E-state index is 12.5. The molecule has 2 aromatic heterocycles. The Morgan fingerprint density at radius 2 is 1.84 bits per heavy atom. The molecule has 0 aliphatic carbocycles. The van der Waals surface area contributed by atoms with Crippen LogP contribution in [0.25, 0.3) is 11.3 Å². The molecule has 2 heterocycles. The summed E-state index contributed by atoms with van der Waals surface area (Å²) in [5.74, 6) is 0.778. The zero-order valence-corrected chi connectivity index (χ0v) is 14.6. The van der Waals surface area contributed by atoms with E-state index in [9.17, 15) is 4.79 Å². The molecular weight excluding hydrogens is 318 g/mol. The number of amides is 1. The van der Waals surface area contributed by atoms with Crippen molar-refractivity contribution in [2.45, 2.75) is 27.3 Å². The third-order valence-electron chi connectivity index (χ3n) is 3.77. The number of carbonyl (C=O) groups is 1. The average molecular weight is 337 g/mol. The molecule has 1 amide bonds. The summed E-state index contributed by atoms with van der Waals surface area (Å²) in [6.45, 7) is 5.81. The third kappa shape index (κ3) is 3.71. The van der Waals surface area contributed by atoms with Crippen LogP contribution in [0.4, 0.5) is 0 Å². The lowest BCUT2D eigenvalue weighted by molar-refractivity contribution is 0.0772. The van der Waals surface area contributed by atoms with Crippen molar-refractivity contribution in [1.29, 1.82) is 0 Å². The topological polar surface area (TPSA) is 85.0 Å². The van der Waals surface area contributed by atoms with Crippen LogP contribution in [0.3, 0.4) is 0 Å². The predicted octanol–water partition coefficient (Wildman–Crippen LogP) is 2.72. The number of aryl methyl sites for hydroxylation is 3. The van der Waals surface area contributed by atoms with E-state index in [1.54, 1.807) is 37.2 Å². The van der Waals surface area contributed by atoms with Gasteiger partial charge in [-0.05, 0) is 26.0 Å². The zero-order valence-electron chi connectivity index (χ0n) is 14.6. The van der Waals surface area contributed by atoms with Crippen LogP contribution in [0.1, 0.15) is 33.5 Å². The van der Waals surface area contributed by atoms with Crippen LogP contribution in [0, 0.1) is 20.8 Å². The van der Waals surface area contributed by atoms with Gasteiger partial charge in [0.25, 0.3) is 5.91 Å². The molecule has 1 aromatic carbocycles. The second-order valence-electron chi connectivity index (χ2n) is 5.90. The number of benzene rings is 1. The van der Waals surface area contributed by atoms with E-state index in [0.717, 1.165) is 22.6 Å². The van der Waals surface area contributed by atoms with Crippen LogP contribution in [-0.2, 0) is 6.54 Å². The fraction of sp³-hybridized carbons (Fsp3) is 0.278. The van der Waals surface area contributed by atoms with E-state index >= 15 is 0 Å². The molecule has 0 aliphatic rings. The average Bonchev–Trinajstić information content (AvgIpc) is 3.01. The number of hydrogen-bond acceptors (Lipinski definition) is 6. The summed E-state index contributed by atoms with van der Waals surface area (Å²) in [6.07, 6.45) is 1.74. The summed E-state index contributed by atoms with van der Waals surface area (Å²) in [5, 5.41) is 7.67. The molecule has 0 radical (unpaired) electrons. The first-order valence-electron chi connectivity index (χ1n) is 7.89. The fourth-order valence-corrected chi connectivity index (χ4v) is 2.48. The second kappa shape index (κ2) is 6.80. The van der Waals surface area contributed by atoms with Gasteiger partial charge in [-0.3, -0.25) is 9.78 Å². The van der Waals surface area contributed by atoms with Gasteiger partial charge in [0.15, 0.2) is 0 Å². The van der Waals surface area contributed by atoms with Crippen molar-refractivity contribution in [1.82, 2.24) is 25.1 Å². The van der Waals surface area contributed by atoms with Gasteiger partial charge < -0.3 is 9.32 Å². The van der Waals surface area contributed by atoms with E-state index in [2.05, 4.69) is 20.2 Å². The van der Waals surface area contributed by atoms with E-state index < -0.39 is 0 Å². The van der Waals surface area contributed by atoms with Crippen LogP contribution in [0.5, 0.6) is 0 Å². The smallest absolute Gasteiger partial charge is 0.254 e. The highest BCUT2D eigenvalue weighted by Crippen LogP contribution is 2.21. The highest BCUT2D eigenvalue weighted by molar-refractivity contribution is 5.94. The lowest BCUT2D eigenvalue weighted by Gasteiger charge is -2.15. The van der Waals surface area contributed by atoms with E-state index in [-0.39, 0.29) is 12.5 Å². The molecule has 0 saturated carbocycles. The summed E-state index contributed by atoms with van der Waals surface area (Å²) < 4.78 is 5.31. The van der Waals surface area contributed by atoms with Crippen molar-refractivity contribution in [2.75, 3.05) is 7.05 Å². The normalized spacial score (nSPS) is 10.7. The monoisotopic (exact) mass is 337 g/mol. The maximum absolute atomic E-state index is 12.5. The summed E-state index contributed by atoms with van der Waals surface area (Å²) in [7, 11) is 1.70. The van der Waals surface area contributed by atoms with Gasteiger partial charge in [0.05, 0.1) is 23.6 Å². The van der Waals surface area contributed by atoms with Gasteiger partial charge in [0.2, 0.25) is 11.8 Å². The van der Waals surface area contributed by atoms with Crippen LogP contribution < -0.4 is 0 Å². The molecule has 0 unspecified atom stereocenters. The molecule has 3 rings (SSSR count). The lowest BCUT2D eigenvalue weighted by Crippen LogP contribution is -2.26. The van der Waals surface area contributed by atoms with Crippen molar-refractivity contribution in [3.05, 3.63) is 59.2 Å². The van der Waals surface area contributed by atoms with E-state index in [1.165, 1.54) is 0 Å². The van der Waals surface area contributed by atoms with E-state index in [0.29, 0.717) is 17.3 Å². The number of carbonyl (C=O) groups excluding carboxylic acids is 1. The largest absolute Gasteiger partial charge is 0.424 e. The predicted molar refractivity (Wildman–Crippen MR) is 91.8 cm³/mol. The van der Waals surface area contributed by atoms with Gasteiger partial charge in [-0.15, -0.1) is 10.2 Å². The van der Waals surface area contributed by atoms with E-state index in [1.807, 2.05) is 26.0 Å². The summed E-state index contributed by atoms with van der Waals surface area (Å²) in [6, 6.07) is 7.34. The van der Waals surface area contributed by atoms with Gasteiger partial charge in [0, 0.05) is 31.3 Å². The summed E-state index contributed by atoms with van der Waals surface area (Å²) in [5.41, 5.74) is 4.05. The second-order valence-corrected chi connectivity index (χ2v) is 5.90. The Morgan fingerprint density at radius 1 is 1.12 bits per heavy atom. The Balaban J connectivity index is 1.77. The highest BCUT2D eigenvalue weighted by Gasteiger charge is 2.15. The van der Waals surface area contributed by atoms with Crippen LogP contribution in [0.15, 0.2) is 34.9 Å². The highest BCUT2D eigenvalue weighted by atomic mass is 16.4. The first kappa shape index (κ1) is 16.8. The molecule has 0 bridgehead atoms. The zero-order chi connectivity index (χ0) is 18.0. The summed E-state index contributed by atoms with van der Waals surface area (Å²) in [4.78, 5) is 22.9. The molecule has 0 saturated heterocycles. The number of nitrogens with zero attached hydrogens (tertiary/aromatic N) is 5. The van der Waals surface area contributed by atoms with E-state index in [4.69, 9.17) is 4.42 Å². The number of rotatable bonds is 4. The standard InChI is InChI=1S/C18H19N5O2/c1-11-9-19-12(2)17(20-11)14-5-7-15(8-6-14)18(24)23(4)10-16-22-21-13(3)25-16/h5-9H,10H2,1-4H3. The van der Waals surface area contributed by atoms with Crippen molar-refractivity contribution in [2.24, 2.45) is 0 Å². The Hall–Kier alpha value is -3.09. The van der Waals surface area contributed by atoms with Gasteiger partial charge in [-0.25, -0.2) is 4.98 Å². The Bertz CT molecular complexity index is 902. The first-order valence-corrected chi connectivity index (χ1v) is 7.89. The number of hydrogen-bond donors (Lipinski definition) is 0. The molecule has 0 atom stereocenters. The first-order chi connectivity index (χ1) is 11.9. The van der Waals surface area contributed by atoms with Crippen LogP contribution in [0.2, 0.25) is 0 Å². The van der Waals surface area contributed by atoms with Crippen molar-refractivity contribution < 1.29 is 9.21 Å². The molecule has 25 heavy (non-hydrogen) atoms. The molecule has 0 N–H and O–H groups in total. The maximum Gasteiger partial charge on any atom is 0.254 e.